The molecule has 190 valence electrons. The smallest absolute Gasteiger partial charge is 0.215 e. The SMILES string of the molecule is N=C(N)N1CCN(c2ccc(COC3COC(Cn4ccnc4)(c4ccccc4Cl)OC3)cc2)CC1. The van der Waals surface area contributed by atoms with E-state index >= 15 is 0 Å². The molecule has 9 nitrogen and oxygen atoms in total. The van der Waals surface area contributed by atoms with E-state index in [-0.39, 0.29) is 12.1 Å². The lowest BCUT2D eigenvalue weighted by Crippen LogP contribution is -2.50. The van der Waals surface area contributed by atoms with E-state index in [9.17, 15) is 0 Å². The summed E-state index contributed by atoms with van der Waals surface area (Å²) in [4.78, 5) is 8.33. The van der Waals surface area contributed by atoms with Gasteiger partial charge < -0.3 is 34.3 Å². The number of nitrogens with zero attached hydrogens (tertiary/aromatic N) is 4. The lowest BCUT2D eigenvalue weighted by Gasteiger charge is -2.40. The molecule has 0 bridgehead atoms. The molecular formula is C26H31ClN6O3. The average molecular weight is 511 g/mol. The molecule has 3 heterocycles. The Morgan fingerprint density at radius 3 is 2.44 bits per heavy atom. The summed E-state index contributed by atoms with van der Waals surface area (Å²) in [6, 6.07) is 16.0. The molecule has 0 spiro atoms. The fourth-order valence-corrected chi connectivity index (χ4v) is 4.87. The Kier molecular flexibility index (Phi) is 7.43. The first-order valence-electron chi connectivity index (χ1n) is 12.1. The van der Waals surface area contributed by atoms with Crippen molar-refractivity contribution in [3.8, 4) is 0 Å². The highest BCUT2D eigenvalue weighted by Crippen LogP contribution is 2.37. The van der Waals surface area contributed by atoms with E-state index in [2.05, 4.69) is 34.1 Å². The van der Waals surface area contributed by atoms with Crippen molar-refractivity contribution in [3.05, 3.63) is 83.4 Å². The maximum Gasteiger partial charge on any atom is 0.215 e. The molecule has 10 heteroatoms. The average Bonchev–Trinajstić information content (AvgIpc) is 3.42. The zero-order chi connectivity index (χ0) is 25.0. The van der Waals surface area contributed by atoms with Crippen molar-refractivity contribution in [2.75, 3.05) is 44.3 Å². The Morgan fingerprint density at radius 2 is 1.81 bits per heavy atom. The molecule has 0 saturated carbocycles. The first-order valence-corrected chi connectivity index (χ1v) is 12.4. The van der Waals surface area contributed by atoms with Crippen molar-refractivity contribution in [1.82, 2.24) is 14.5 Å². The molecule has 2 aliphatic rings. The molecule has 1 aromatic heterocycles. The minimum absolute atomic E-state index is 0.142. The van der Waals surface area contributed by atoms with E-state index in [4.69, 9.17) is 37.0 Å². The van der Waals surface area contributed by atoms with Gasteiger partial charge in [0.25, 0.3) is 0 Å². The summed E-state index contributed by atoms with van der Waals surface area (Å²) >= 11 is 6.52. The summed E-state index contributed by atoms with van der Waals surface area (Å²) in [7, 11) is 0. The number of hydrogen-bond acceptors (Lipinski definition) is 6. The van der Waals surface area contributed by atoms with Gasteiger partial charge in [0.2, 0.25) is 5.79 Å². The first kappa shape index (κ1) is 24.6. The molecule has 0 radical (unpaired) electrons. The predicted octanol–water partition coefficient (Wildman–Crippen LogP) is 3.04. The maximum atomic E-state index is 7.58. The number of hydrogen-bond donors (Lipinski definition) is 2. The van der Waals surface area contributed by atoms with Crippen molar-refractivity contribution >= 4 is 23.2 Å². The van der Waals surface area contributed by atoms with E-state index in [1.165, 1.54) is 0 Å². The summed E-state index contributed by atoms with van der Waals surface area (Å²) in [6.07, 6.45) is 5.15. The molecule has 0 aliphatic carbocycles. The van der Waals surface area contributed by atoms with E-state index in [0.29, 0.717) is 31.4 Å². The summed E-state index contributed by atoms with van der Waals surface area (Å²) in [5, 5.41) is 8.18. The number of imidazole rings is 1. The molecule has 0 unspecified atom stereocenters. The van der Waals surface area contributed by atoms with Gasteiger partial charge in [-0.05, 0) is 23.8 Å². The second-order valence-corrected chi connectivity index (χ2v) is 9.46. The van der Waals surface area contributed by atoms with Gasteiger partial charge in [-0.3, -0.25) is 5.41 Å². The Hall–Kier alpha value is -3.11. The predicted molar refractivity (Wildman–Crippen MR) is 138 cm³/mol. The number of guanidine groups is 1. The third kappa shape index (κ3) is 5.49. The van der Waals surface area contributed by atoms with Gasteiger partial charge in [0.15, 0.2) is 5.96 Å². The monoisotopic (exact) mass is 510 g/mol. The highest BCUT2D eigenvalue weighted by atomic mass is 35.5. The third-order valence-electron chi connectivity index (χ3n) is 6.65. The van der Waals surface area contributed by atoms with E-state index < -0.39 is 5.79 Å². The Balaban J connectivity index is 1.16. The molecule has 0 amide bonds. The van der Waals surface area contributed by atoms with Gasteiger partial charge in [-0.25, -0.2) is 4.98 Å². The van der Waals surface area contributed by atoms with Crippen molar-refractivity contribution in [1.29, 1.82) is 5.41 Å². The molecule has 5 rings (SSSR count). The van der Waals surface area contributed by atoms with Gasteiger partial charge in [0, 0.05) is 54.8 Å². The summed E-state index contributed by atoms with van der Waals surface area (Å²) in [6.45, 7) is 4.90. The van der Waals surface area contributed by atoms with Gasteiger partial charge in [-0.1, -0.05) is 41.9 Å². The van der Waals surface area contributed by atoms with E-state index in [0.717, 1.165) is 43.0 Å². The third-order valence-corrected chi connectivity index (χ3v) is 6.98. The van der Waals surface area contributed by atoms with Crippen LogP contribution in [0.25, 0.3) is 0 Å². The van der Waals surface area contributed by atoms with Crippen molar-refractivity contribution in [2.24, 2.45) is 5.73 Å². The highest BCUT2D eigenvalue weighted by molar-refractivity contribution is 6.31. The molecule has 2 saturated heterocycles. The van der Waals surface area contributed by atoms with Crippen LogP contribution in [-0.2, 0) is 33.1 Å². The number of ether oxygens (including phenoxy) is 3. The van der Waals surface area contributed by atoms with Crippen LogP contribution >= 0.6 is 11.6 Å². The van der Waals surface area contributed by atoms with Crippen LogP contribution in [-0.4, -0.2) is 65.9 Å². The van der Waals surface area contributed by atoms with Crippen LogP contribution < -0.4 is 10.6 Å². The molecular weight excluding hydrogens is 480 g/mol. The molecule has 3 aromatic rings. The maximum absolute atomic E-state index is 7.58. The van der Waals surface area contributed by atoms with Gasteiger partial charge in [0.05, 0.1) is 32.7 Å². The molecule has 36 heavy (non-hydrogen) atoms. The number of nitrogens with two attached hydrogens (primary N) is 1. The van der Waals surface area contributed by atoms with Gasteiger partial charge in [-0.15, -0.1) is 0 Å². The van der Waals surface area contributed by atoms with Crippen molar-refractivity contribution in [3.63, 3.8) is 0 Å². The molecule has 3 N–H and O–H groups in total. The summed E-state index contributed by atoms with van der Waals surface area (Å²) in [5.41, 5.74) is 8.63. The fraction of sp³-hybridized carbons (Fsp3) is 0.385. The first-order chi connectivity index (χ1) is 17.5. The fourth-order valence-electron chi connectivity index (χ4n) is 4.59. The van der Waals surface area contributed by atoms with Crippen molar-refractivity contribution < 1.29 is 14.2 Å². The van der Waals surface area contributed by atoms with Crippen molar-refractivity contribution in [2.45, 2.75) is 25.0 Å². The molecule has 2 aliphatic heterocycles. The van der Waals surface area contributed by atoms with Crippen LogP contribution in [0.5, 0.6) is 0 Å². The second kappa shape index (κ2) is 10.9. The van der Waals surface area contributed by atoms with Crippen LogP contribution in [0.2, 0.25) is 5.02 Å². The normalized spacial score (nSPS) is 22.5. The molecule has 2 fully saturated rings. The summed E-state index contributed by atoms with van der Waals surface area (Å²) < 4.78 is 20.7. The zero-order valence-corrected chi connectivity index (χ0v) is 20.8. The van der Waals surface area contributed by atoms with Crippen LogP contribution in [0.15, 0.2) is 67.3 Å². The van der Waals surface area contributed by atoms with Gasteiger partial charge in [0.1, 0.15) is 6.10 Å². The van der Waals surface area contributed by atoms with Gasteiger partial charge in [-0.2, -0.15) is 0 Å². The number of benzene rings is 2. The highest BCUT2D eigenvalue weighted by Gasteiger charge is 2.41. The number of aromatic nitrogens is 2. The van der Waals surface area contributed by atoms with Crippen LogP contribution in [0.1, 0.15) is 11.1 Å². The number of halogens is 1. The lowest BCUT2D eigenvalue weighted by atomic mass is 10.0. The lowest BCUT2D eigenvalue weighted by molar-refractivity contribution is -0.313. The Morgan fingerprint density at radius 1 is 1.08 bits per heavy atom. The van der Waals surface area contributed by atoms with E-state index in [1.807, 2.05) is 39.9 Å². The standard InChI is InChI=1S/C26H31ClN6O3/c27-24-4-2-1-3-23(24)26(18-31-10-9-30-19-31)35-16-22(17-36-26)34-15-20-5-7-21(8-6-20)32-11-13-33(14-12-32)25(28)29/h1-10,19,22H,11-18H2,(H3,28,29). The topological polar surface area (TPSA) is 102 Å². The van der Waals surface area contributed by atoms with Gasteiger partial charge >= 0.3 is 0 Å². The second-order valence-electron chi connectivity index (χ2n) is 9.05. The van der Waals surface area contributed by atoms with Crippen LogP contribution in [0, 0.1) is 5.41 Å². The quantitative estimate of drug-likeness (QED) is 0.372. The molecule has 0 atom stereocenters. The largest absolute Gasteiger partial charge is 0.370 e. The number of anilines is 1. The zero-order valence-electron chi connectivity index (χ0n) is 20.1. The van der Waals surface area contributed by atoms with Crippen LogP contribution in [0.4, 0.5) is 5.69 Å². The minimum atomic E-state index is -1.01. The van der Waals surface area contributed by atoms with E-state index in [1.54, 1.807) is 12.5 Å². The number of piperazine rings is 1. The molecule has 2 aromatic carbocycles. The minimum Gasteiger partial charge on any atom is -0.370 e. The summed E-state index contributed by atoms with van der Waals surface area (Å²) in [5.74, 6) is -0.865. The number of nitrogens with one attached hydrogen (secondary N) is 1. The van der Waals surface area contributed by atoms with Crippen LogP contribution in [0.3, 0.4) is 0 Å². The Bertz CT molecular complexity index is 1140. The number of rotatable bonds is 7. The Labute approximate surface area is 215 Å².